The second-order valence-electron chi connectivity index (χ2n) is 4.91. The molecular weight excluding hydrogens is 258 g/mol. The number of anilines is 1. The lowest BCUT2D eigenvalue weighted by Crippen LogP contribution is -2.46. The minimum atomic E-state index is -0.951. The van der Waals surface area contributed by atoms with Crippen LogP contribution in [0.3, 0.4) is 0 Å². The van der Waals surface area contributed by atoms with Crippen LogP contribution in [0.4, 0.5) is 6.01 Å². The van der Waals surface area contributed by atoms with E-state index >= 15 is 0 Å². The molecule has 1 aliphatic rings. The van der Waals surface area contributed by atoms with Crippen LogP contribution in [0.1, 0.15) is 17.3 Å². The molecule has 0 bridgehead atoms. The average Bonchev–Trinajstić information content (AvgIpc) is 2.90. The zero-order valence-electron chi connectivity index (χ0n) is 11.4. The van der Waals surface area contributed by atoms with Gasteiger partial charge in [0.15, 0.2) is 5.58 Å². The van der Waals surface area contributed by atoms with Gasteiger partial charge >= 0.3 is 5.97 Å². The molecule has 0 aliphatic carbocycles. The molecule has 2 aromatic rings. The van der Waals surface area contributed by atoms with E-state index < -0.39 is 5.97 Å². The summed E-state index contributed by atoms with van der Waals surface area (Å²) >= 11 is 0. The van der Waals surface area contributed by atoms with Gasteiger partial charge in [0.1, 0.15) is 5.52 Å². The highest BCUT2D eigenvalue weighted by Gasteiger charge is 2.20. The van der Waals surface area contributed by atoms with Crippen molar-refractivity contribution in [1.82, 2.24) is 9.88 Å². The molecule has 1 aliphatic heterocycles. The first kappa shape index (κ1) is 12.9. The molecule has 1 N–H and O–H groups in total. The molecule has 0 amide bonds. The van der Waals surface area contributed by atoms with Crippen LogP contribution in [-0.2, 0) is 0 Å². The molecule has 1 saturated heterocycles. The van der Waals surface area contributed by atoms with Gasteiger partial charge in [0, 0.05) is 26.2 Å². The van der Waals surface area contributed by atoms with Gasteiger partial charge in [0.25, 0.3) is 6.01 Å². The number of benzene rings is 1. The maximum Gasteiger partial charge on any atom is 0.335 e. The number of aromatic nitrogens is 1. The molecule has 1 fully saturated rings. The molecular formula is C14H17N3O3. The number of fused-ring (bicyclic) bond motifs is 1. The largest absolute Gasteiger partial charge is 0.478 e. The molecule has 2 heterocycles. The molecule has 6 nitrogen and oxygen atoms in total. The van der Waals surface area contributed by atoms with Crippen LogP contribution < -0.4 is 4.90 Å². The predicted octanol–water partition coefficient (Wildman–Crippen LogP) is 1.67. The Morgan fingerprint density at radius 1 is 1.35 bits per heavy atom. The monoisotopic (exact) mass is 275 g/mol. The van der Waals surface area contributed by atoms with Gasteiger partial charge in [-0.05, 0) is 24.7 Å². The number of carboxylic acids is 1. The van der Waals surface area contributed by atoms with Crippen LogP contribution in [0.15, 0.2) is 22.6 Å². The van der Waals surface area contributed by atoms with Gasteiger partial charge < -0.3 is 19.3 Å². The maximum absolute atomic E-state index is 10.9. The summed E-state index contributed by atoms with van der Waals surface area (Å²) in [7, 11) is 0. The molecule has 0 spiro atoms. The first-order valence-corrected chi connectivity index (χ1v) is 6.78. The van der Waals surface area contributed by atoms with Gasteiger partial charge in [0.05, 0.1) is 5.56 Å². The number of oxazole rings is 1. The highest BCUT2D eigenvalue weighted by Crippen LogP contribution is 2.23. The summed E-state index contributed by atoms with van der Waals surface area (Å²) in [5, 5.41) is 8.98. The number of piperazine rings is 1. The highest BCUT2D eigenvalue weighted by molar-refractivity contribution is 5.92. The molecule has 3 rings (SSSR count). The molecule has 0 unspecified atom stereocenters. The lowest BCUT2D eigenvalue weighted by molar-refractivity contribution is 0.0697. The number of hydrogen-bond donors (Lipinski definition) is 1. The zero-order valence-corrected chi connectivity index (χ0v) is 11.4. The molecule has 6 heteroatoms. The second kappa shape index (κ2) is 5.13. The fourth-order valence-electron chi connectivity index (χ4n) is 2.44. The minimum Gasteiger partial charge on any atom is -0.478 e. The normalized spacial score (nSPS) is 16.8. The van der Waals surface area contributed by atoms with Gasteiger partial charge in [-0.1, -0.05) is 6.92 Å². The van der Waals surface area contributed by atoms with Crippen LogP contribution >= 0.6 is 0 Å². The summed E-state index contributed by atoms with van der Waals surface area (Å²) < 4.78 is 5.71. The van der Waals surface area contributed by atoms with Crippen molar-refractivity contribution in [3.8, 4) is 0 Å². The number of hydrogen-bond acceptors (Lipinski definition) is 5. The second-order valence-corrected chi connectivity index (χ2v) is 4.91. The minimum absolute atomic E-state index is 0.230. The molecule has 1 aromatic carbocycles. The van der Waals surface area contributed by atoms with Crippen molar-refractivity contribution in [2.24, 2.45) is 0 Å². The first-order chi connectivity index (χ1) is 9.67. The number of carboxylic acid groups (broad SMARTS) is 1. The third-order valence-corrected chi connectivity index (χ3v) is 3.71. The Bertz CT molecular complexity index is 630. The van der Waals surface area contributed by atoms with Gasteiger partial charge in [-0.15, -0.1) is 0 Å². The first-order valence-electron chi connectivity index (χ1n) is 6.78. The van der Waals surface area contributed by atoms with E-state index in [1.807, 2.05) is 0 Å². The smallest absolute Gasteiger partial charge is 0.335 e. The Hall–Kier alpha value is -2.08. The molecule has 0 atom stereocenters. The molecule has 0 radical (unpaired) electrons. The number of aromatic carboxylic acids is 1. The predicted molar refractivity (Wildman–Crippen MR) is 75.3 cm³/mol. The van der Waals surface area contributed by atoms with Crippen LogP contribution in [0.5, 0.6) is 0 Å². The summed E-state index contributed by atoms with van der Waals surface area (Å²) in [6.07, 6.45) is 0. The molecule has 0 saturated carbocycles. The zero-order chi connectivity index (χ0) is 14.1. The summed E-state index contributed by atoms with van der Waals surface area (Å²) in [5.74, 6) is -0.951. The fourth-order valence-corrected chi connectivity index (χ4v) is 2.44. The summed E-state index contributed by atoms with van der Waals surface area (Å²) in [6.45, 7) is 6.97. The number of carbonyl (C=O) groups is 1. The van der Waals surface area contributed by atoms with Gasteiger partial charge in [-0.3, -0.25) is 0 Å². The number of rotatable bonds is 3. The quantitative estimate of drug-likeness (QED) is 0.918. The van der Waals surface area contributed by atoms with Crippen molar-refractivity contribution in [2.45, 2.75) is 6.92 Å². The molecule has 1 aromatic heterocycles. The van der Waals surface area contributed by atoms with E-state index in [9.17, 15) is 4.79 Å². The van der Waals surface area contributed by atoms with Crippen molar-refractivity contribution in [3.63, 3.8) is 0 Å². The van der Waals surface area contributed by atoms with Crippen LogP contribution in [0.2, 0.25) is 0 Å². The van der Waals surface area contributed by atoms with Gasteiger partial charge in [0.2, 0.25) is 0 Å². The Labute approximate surface area is 116 Å². The Kier molecular flexibility index (Phi) is 3.31. The van der Waals surface area contributed by atoms with Crippen LogP contribution in [-0.4, -0.2) is 53.7 Å². The SMILES string of the molecule is CCN1CCN(c2nc3cc(C(=O)O)ccc3o2)CC1. The van der Waals surface area contributed by atoms with E-state index in [0.29, 0.717) is 17.1 Å². The standard InChI is InChI=1S/C14H17N3O3/c1-2-16-5-7-17(8-6-16)14-15-11-9-10(13(18)19)3-4-12(11)20-14/h3-4,9H,2,5-8H2,1H3,(H,18,19). The van der Waals surface area contributed by atoms with Crippen molar-refractivity contribution >= 4 is 23.1 Å². The summed E-state index contributed by atoms with van der Waals surface area (Å²) in [5.41, 5.74) is 1.45. The summed E-state index contributed by atoms with van der Waals surface area (Å²) in [6, 6.07) is 5.33. The van der Waals surface area contributed by atoms with E-state index in [2.05, 4.69) is 21.7 Å². The van der Waals surface area contributed by atoms with E-state index in [1.54, 1.807) is 12.1 Å². The highest BCUT2D eigenvalue weighted by atomic mass is 16.4. The molecule has 20 heavy (non-hydrogen) atoms. The van der Waals surface area contributed by atoms with Crippen molar-refractivity contribution in [3.05, 3.63) is 23.8 Å². The Balaban J connectivity index is 1.84. The van der Waals surface area contributed by atoms with Crippen molar-refractivity contribution in [2.75, 3.05) is 37.6 Å². The Morgan fingerprint density at radius 2 is 2.10 bits per heavy atom. The third-order valence-electron chi connectivity index (χ3n) is 3.71. The Morgan fingerprint density at radius 3 is 2.75 bits per heavy atom. The van der Waals surface area contributed by atoms with Crippen molar-refractivity contribution < 1.29 is 14.3 Å². The van der Waals surface area contributed by atoms with E-state index in [4.69, 9.17) is 9.52 Å². The van der Waals surface area contributed by atoms with Gasteiger partial charge in [-0.25, -0.2) is 4.79 Å². The third kappa shape index (κ3) is 2.34. The van der Waals surface area contributed by atoms with Crippen molar-refractivity contribution in [1.29, 1.82) is 0 Å². The average molecular weight is 275 g/mol. The van der Waals surface area contributed by atoms with Gasteiger partial charge in [-0.2, -0.15) is 4.98 Å². The lowest BCUT2D eigenvalue weighted by Gasteiger charge is -2.32. The van der Waals surface area contributed by atoms with E-state index in [-0.39, 0.29) is 5.56 Å². The van der Waals surface area contributed by atoms with E-state index in [1.165, 1.54) is 6.07 Å². The topological polar surface area (TPSA) is 69.8 Å². The fraction of sp³-hybridized carbons (Fsp3) is 0.429. The molecule has 106 valence electrons. The number of likely N-dealkylation sites (N-methyl/N-ethyl adjacent to an activating group) is 1. The lowest BCUT2D eigenvalue weighted by atomic mass is 10.2. The van der Waals surface area contributed by atoms with Crippen LogP contribution in [0.25, 0.3) is 11.1 Å². The maximum atomic E-state index is 10.9. The number of nitrogens with zero attached hydrogens (tertiary/aromatic N) is 3. The van der Waals surface area contributed by atoms with E-state index in [0.717, 1.165) is 32.7 Å². The summed E-state index contributed by atoms with van der Waals surface area (Å²) in [4.78, 5) is 19.8. The van der Waals surface area contributed by atoms with Crippen LogP contribution in [0, 0.1) is 0 Å².